The molecule has 0 aliphatic heterocycles. The number of unbranched alkanes of at least 4 members (excludes halogenated alkanes) is 2. The average Bonchev–Trinajstić information content (AvgIpc) is 2.26. The zero-order chi connectivity index (χ0) is 11.1. The summed E-state index contributed by atoms with van der Waals surface area (Å²) in [6.07, 6.45) is 2.06. The van der Waals surface area contributed by atoms with Crippen molar-refractivity contribution in [3.05, 3.63) is 22.5 Å². The Morgan fingerprint density at radius 2 is 2.33 bits per heavy atom. The SMILES string of the molecule is COc1ccc(=O)n(CCCCC#N)n1. The van der Waals surface area contributed by atoms with Crippen molar-refractivity contribution < 1.29 is 4.74 Å². The third-order valence-electron chi connectivity index (χ3n) is 1.96. The molecule has 1 aromatic heterocycles. The van der Waals surface area contributed by atoms with Gasteiger partial charge in [-0.05, 0) is 12.8 Å². The van der Waals surface area contributed by atoms with Gasteiger partial charge in [0.15, 0.2) is 0 Å². The van der Waals surface area contributed by atoms with E-state index >= 15 is 0 Å². The molecule has 80 valence electrons. The smallest absolute Gasteiger partial charge is 0.266 e. The third-order valence-corrected chi connectivity index (χ3v) is 1.96. The summed E-state index contributed by atoms with van der Waals surface area (Å²) < 4.78 is 6.27. The first-order valence-electron chi connectivity index (χ1n) is 4.77. The summed E-state index contributed by atoms with van der Waals surface area (Å²) in [6, 6.07) is 5.02. The maximum Gasteiger partial charge on any atom is 0.266 e. The van der Waals surface area contributed by atoms with E-state index in [9.17, 15) is 4.79 Å². The summed E-state index contributed by atoms with van der Waals surface area (Å²) in [5, 5.41) is 12.3. The first-order valence-corrected chi connectivity index (χ1v) is 4.77. The molecule has 1 rings (SSSR count). The monoisotopic (exact) mass is 207 g/mol. The summed E-state index contributed by atoms with van der Waals surface area (Å²) in [4.78, 5) is 11.3. The van der Waals surface area contributed by atoms with Crippen LogP contribution in [0.1, 0.15) is 19.3 Å². The molecular weight excluding hydrogens is 194 g/mol. The molecular formula is C10H13N3O2. The van der Waals surface area contributed by atoms with Gasteiger partial charge in [0.2, 0.25) is 5.88 Å². The minimum Gasteiger partial charge on any atom is -0.480 e. The molecule has 0 saturated carbocycles. The van der Waals surface area contributed by atoms with Gasteiger partial charge in [-0.25, -0.2) is 4.68 Å². The van der Waals surface area contributed by atoms with Crippen molar-refractivity contribution in [1.29, 1.82) is 5.26 Å². The highest BCUT2D eigenvalue weighted by atomic mass is 16.5. The third kappa shape index (κ3) is 3.43. The van der Waals surface area contributed by atoms with Crippen LogP contribution in [0.2, 0.25) is 0 Å². The Morgan fingerprint density at radius 3 is 3.00 bits per heavy atom. The second kappa shape index (κ2) is 5.81. The van der Waals surface area contributed by atoms with E-state index in [0.717, 1.165) is 12.8 Å². The lowest BCUT2D eigenvalue weighted by molar-refractivity contribution is 0.373. The minimum absolute atomic E-state index is 0.146. The van der Waals surface area contributed by atoms with Crippen molar-refractivity contribution in [3.63, 3.8) is 0 Å². The number of nitriles is 1. The molecule has 1 aromatic rings. The Kier molecular flexibility index (Phi) is 4.35. The summed E-state index contributed by atoms with van der Waals surface area (Å²) in [5.41, 5.74) is -0.146. The predicted molar refractivity (Wildman–Crippen MR) is 54.5 cm³/mol. The molecule has 1 heterocycles. The number of hydrogen-bond donors (Lipinski definition) is 0. The van der Waals surface area contributed by atoms with Crippen LogP contribution in [0.4, 0.5) is 0 Å². The standard InChI is InChI=1S/C10H13N3O2/c1-15-9-5-6-10(14)13(12-9)8-4-2-3-7-11/h5-6H,2-4,8H2,1H3. The van der Waals surface area contributed by atoms with Crippen molar-refractivity contribution in [2.45, 2.75) is 25.8 Å². The van der Waals surface area contributed by atoms with E-state index in [4.69, 9.17) is 10.00 Å². The Labute approximate surface area is 87.9 Å². The van der Waals surface area contributed by atoms with Crippen LogP contribution >= 0.6 is 0 Å². The first-order chi connectivity index (χ1) is 7.27. The van der Waals surface area contributed by atoms with Crippen molar-refractivity contribution in [3.8, 4) is 11.9 Å². The molecule has 0 fully saturated rings. The van der Waals surface area contributed by atoms with Crippen LogP contribution in [0.25, 0.3) is 0 Å². The molecule has 0 aliphatic rings. The molecule has 5 heteroatoms. The number of rotatable bonds is 5. The van der Waals surface area contributed by atoms with Crippen molar-refractivity contribution in [2.75, 3.05) is 7.11 Å². The fraction of sp³-hybridized carbons (Fsp3) is 0.500. The van der Waals surface area contributed by atoms with Crippen molar-refractivity contribution in [2.24, 2.45) is 0 Å². The zero-order valence-electron chi connectivity index (χ0n) is 8.64. The molecule has 0 bridgehead atoms. The van der Waals surface area contributed by atoms with E-state index in [0.29, 0.717) is 18.8 Å². The number of nitrogens with zero attached hydrogens (tertiary/aromatic N) is 3. The number of aromatic nitrogens is 2. The molecule has 0 amide bonds. The van der Waals surface area contributed by atoms with E-state index < -0.39 is 0 Å². The fourth-order valence-corrected chi connectivity index (χ4v) is 1.16. The van der Waals surface area contributed by atoms with Crippen LogP contribution in [0.3, 0.4) is 0 Å². The molecule has 0 unspecified atom stereocenters. The van der Waals surface area contributed by atoms with Gasteiger partial charge in [-0.15, -0.1) is 5.10 Å². The van der Waals surface area contributed by atoms with Gasteiger partial charge in [-0.2, -0.15) is 5.26 Å². The van der Waals surface area contributed by atoms with Gasteiger partial charge in [0.1, 0.15) is 0 Å². The van der Waals surface area contributed by atoms with Crippen LogP contribution in [0.15, 0.2) is 16.9 Å². The molecule has 0 radical (unpaired) electrons. The maximum absolute atomic E-state index is 11.3. The van der Waals surface area contributed by atoms with E-state index in [2.05, 4.69) is 11.2 Å². The topological polar surface area (TPSA) is 67.9 Å². The quantitative estimate of drug-likeness (QED) is 0.674. The van der Waals surface area contributed by atoms with Crippen molar-refractivity contribution >= 4 is 0 Å². The highest BCUT2D eigenvalue weighted by Crippen LogP contribution is 2.01. The second-order valence-corrected chi connectivity index (χ2v) is 3.05. The fourth-order valence-electron chi connectivity index (χ4n) is 1.16. The molecule has 0 aliphatic carbocycles. The summed E-state index contributed by atoms with van der Waals surface area (Å²) in [7, 11) is 1.51. The van der Waals surface area contributed by atoms with Gasteiger partial charge in [0.25, 0.3) is 5.56 Å². The van der Waals surface area contributed by atoms with Crippen LogP contribution in [-0.4, -0.2) is 16.9 Å². The lowest BCUT2D eigenvalue weighted by Gasteiger charge is -2.04. The molecule has 0 atom stereocenters. The Bertz CT molecular complexity index is 406. The first kappa shape index (κ1) is 11.2. The van der Waals surface area contributed by atoms with E-state index in [-0.39, 0.29) is 5.56 Å². The zero-order valence-corrected chi connectivity index (χ0v) is 8.64. The Morgan fingerprint density at radius 1 is 1.53 bits per heavy atom. The highest BCUT2D eigenvalue weighted by Gasteiger charge is 1.99. The summed E-state index contributed by atoms with van der Waals surface area (Å²) in [6.45, 7) is 0.526. The second-order valence-electron chi connectivity index (χ2n) is 3.05. The number of aryl methyl sites for hydroxylation is 1. The van der Waals surface area contributed by atoms with Gasteiger partial charge in [0.05, 0.1) is 13.2 Å². The molecule has 0 N–H and O–H groups in total. The molecule has 15 heavy (non-hydrogen) atoms. The van der Waals surface area contributed by atoms with Crippen LogP contribution in [0, 0.1) is 11.3 Å². The molecule has 0 aromatic carbocycles. The van der Waals surface area contributed by atoms with Crippen LogP contribution in [-0.2, 0) is 6.54 Å². The lowest BCUT2D eigenvalue weighted by Crippen LogP contribution is -2.22. The molecule has 5 nitrogen and oxygen atoms in total. The maximum atomic E-state index is 11.3. The van der Waals surface area contributed by atoms with Crippen LogP contribution < -0.4 is 10.3 Å². The number of ether oxygens (including phenoxy) is 1. The van der Waals surface area contributed by atoms with Gasteiger partial charge in [-0.3, -0.25) is 4.79 Å². The van der Waals surface area contributed by atoms with Gasteiger partial charge in [0, 0.05) is 25.1 Å². The summed E-state index contributed by atoms with van der Waals surface area (Å²) >= 11 is 0. The van der Waals surface area contributed by atoms with Crippen molar-refractivity contribution in [1.82, 2.24) is 9.78 Å². The lowest BCUT2D eigenvalue weighted by atomic mass is 10.2. The largest absolute Gasteiger partial charge is 0.480 e. The number of hydrogen-bond acceptors (Lipinski definition) is 4. The van der Waals surface area contributed by atoms with Crippen LogP contribution in [0.5, 0.6) is 5.88 Å². The highest BCUT2D eigenvalue weighted by molar-refractivity contribution is 5.05. The predicted octanol–water partition coefficient (Wildman–Crippen LogP) is 0.946. The molecule has 0 spiro atoms. The van der Waals surface area contributed by atoms with E-state index in [1.165, 1.54) is 23.9 Å². The average molecular weight is 207 g/mol. The minimum atomic E-state index is -0.146. The Balaban J connectivity index is 2.60. The van der Waals surface area contributed by atoms with E-state index in [1.54, 1.807) is 0 Å². The number of methoxy groups -OCH3 is 1. The van der Waals surface area contributed by atoms with Gasteiger partial charge < -0.3 is 4.74 Å². The summed E-state index contributed by atoms with van der Waals surface area (Å²) in [5.74, 6) is 0.426. The van der Waals surface area contributed by atoms with E-state index in [1.807, 2.05) is 0 Å². The normalized spacial score (nSPS) is 9.60. The Hall–Kier alpha value is -1.83. The van der Waals surface area contributed by atoms with Gasteiger partial charge >= 0.3 is 0 Å². The molecule has 0 saturated heterocycles. The van der Waals surface area contributed by atoms with Gasteiger partial charge in [-0.1, -0.05) is 0 Å².